The normalized spacial score (nSPS) is 13.7. The molecular weight excluding hydrogens is 280 g/mol. The Kier molecular flexibility index (Phi) is 7.61. The summed E-state index contributed by atoms with van der Waals surface area (Å²) in [4.78, 5) is 34.5. The molecule has 0 aromatic heterocycles. The van der Waals surface area contributed by atoms with Crippen molar-refractivity contribution in [2.75, 3.05) is 19.6 Å². The Bertz CT molecular complexity index is 407. The van der Waals surface area contributed by atoms with E-state index in [1.165, 1.54) is 0 Å². The summed E-state index contributed by atoms with van der Waals surface area (Å²) in [6.45, 7) is 5.83. The number of nitrogens with zero attached hydrogens (tertiary/aromatic N) is 1. The Morgan fingerprint density at radius 2 is 1.62 bits per heavy atom. The van der Waals surface area contributed by atoms with Gasteiger partial charge in [-0.15, -0.1) is 0 Å². The molecule has 0 aromatic carbocycles. The maximum absolute atomic E-state index is 11.7. The van der Waals surface area contributed by atoms with Gasteiger partial charge >= 0.3 is 17.9 Å². The van der Waals surface area contributed by atoms with Gasteiger partial charge in [0.25, 0.3) is 0 Å². The van der Waals surface area contributed by atoms with Crippen LogP contribution in [0.4, 0.5) is 0 Å². The molecule has 0 heterocycles. The minimum absolute atomic E-state index is 0.0656. The second-order valence-corrected chi connectivity index (χ2v) is 4.87. The molecule has 8 heteroatoms. The van der Waals surface area contributed by atoms with E-state index < -0.39 is 36.7 Å². The lowest BCUT2D eigenvalue weighted by molar-refractivity contribution is -0.160. The molecule has 0 saturated carbocycles. The molecule has 0 fully saturated rings. The highest BCUT2D eigenvalue weighted by Gasteiger charge is 2.44. The van der Waals surface area contributed by atoms with Crippen molar-refractivity contribution in [3.05, 3.63) is 12.2 Å². The van der Waals surface area contributed by atoms with Crippen molar-refractivity contribution < 1.29 is 29.7 Å². The van der Waals surface area contributed by atoms with E-state index in [9.17, 15) is 19.5 Å². The van der Waals surface area contributed by atoms with Crippen LogP contribution >= 0.6 is 0 Å². The highest BCUT2D eigenvalue weighted by atomic mass is 16.4. The summed E-state index contributed by atoms with van der Waals surface area (Å²) >= 11 is 0. The van der Waals surface area contributed by atoms with Crippen molar-refractivity contribution >= 4 is 17.9 Å². The van der Waals surface area contributed by atoms with Crippen molar-refractivity contribution in [2.24, 2.45) is 0 Å². The van der Waals surface area contributed by atoms with E-state index in [4.69, 9.17) is 10.2 Å². The number of carboxylic acid groups (broad SMARTS) is 3. The topological polar surface area (TPSA) is 127 Å². The van der Waals surface area contributed by atoms with Crippen molar-refractivity contribution in [1.82, 2.24) is 10.2 Å². The molecule has 0 aliphatic rings. The number of hydrogen-bond donors (Lipinski definition) is 4. The predicted molar refractivity (Wildman–Crippen MR) is 74.9 cm³/mol. The third kappa shape index (κ3) is 5.92. The van der Waals surface area contributed by atoms with Gasteiger partial charge in [0.1, 0.15) is 0 Å². The van der Waals surface area contributed by atoms with E-state index in [2.05, 4.69) is 11.9 Å². The SMILES string of the molecule is C=C(C)CNC(CCC)(C(=O)O)N(CC(=O)O)CC(=O)O. The predicted octanol–water partition coefficient (Wildman–Crippen LogP) is 0.204. The number of carbonyl (C=O) groups is 3. The van der Waals surface area contributed by atoms with Crippen molar-refractivity contribution in [2.45, 2.75) is 32.4 Å². The highest BCUT2D eigenvalue weighted by molar-refractivity contribution is 5.81. The van der Waals surface area contributed by atoms with Gasteiger partial charge in [0.15, 0.2) is 5.66 Å². The van der Waals surface area contributed by atoms with Crippen LogP contribution in [-0.2, 0) is 14.4 Å². The molecule has 21 heavy (non-hydrogen) atoms. The van der Waals surface area contributed by atoms with Crippen molar-refractivity contribution in [3.63, 3.8) is 0 Å². The van der Waals surface area contributed by atoms with E-state index in [-0.39, 0.29) is 13.0 Å². The van der Waals surface area contributed by atoms with Crippen LogP contribution in [0.1, 0.15) is 26.7 Å². The summed E-state index contributed by atoms with van der Waals surface area (Å²) in [6.07, 6.45) is 0.501. The van der Waals surface area contributed by atoms with Crippen LogP contribution in [0.2, 0.25) is 0 Å². The second-order valence-electron chi connectivity index (χ2n) is 4.87. The molecule has 0 aliphatic carbocycles. The summed E-state index contributed by atoms with van der Waals surface area (Å²) in [5, 5.41) is 30.1. The largest absolute Gasteiger partial charge is 0.480 e. The Morgan fingerprint density at radius 3 is 1.90 bits per heavy atom. The summed E-state index contributed by atoms with van der Waals surface area (Å²) < 4.78 is 0. The van der Waals surface area contributed by atoms with Gasteiger partial charge in [-0.25, -0.2) is 4.79 Å². The fourth-order valence-corrected chi connectivity index (χ4v) is 1.99. The fraction of sp³-hybridized carbons (Fsp3) is 0.615. The lowest BCUT2D eigenvalue weighted by Crippen LogP contribution is -2.66. The van der Waals surface area contributed by atoms with E-state index in [1.807, 2.05) is 0 Å². The Hall–Kier alpha value is -1.93. The van der Waals surface area contributed by atoms with Crippen LogP contribution < -0.4 is 5.32 Å². The molecule has 0 radical (unpaired) electrons. The molecule has 0 rings (SSSR count). The second kappa shape index (κ2) is 8.38. The van der Waals surface area contributed by atoms with Gasteiger partial charge in [-0.2, -0.15) is 0 Å². The third-order valence-electron chi connectivity index (χ3n) is 2.84. The van der Waals surface area contributed by atoms with Gasteiger partial charge in [0.2, 0.25) is 0 Å². The molecule has 0 bridgehead atoms. The first-order valence-corrected chi connectivity index (χ1v) is 6.47. The number of nitrogens with one attached hydrogen (secondary N) is 1. The summed E-state index contributed by atoms with van der Waals surface area (Å²) in [5.74, 6) is -3.90. The van der Waals surface area contributed by atoms with Gasteiger partial charge in [-0.3, -0.25) is 19.8 Å². The van der Waals surface area contributed by atoms with Crippen LogP contribution in [0, 0.1) is 0 Å². The van der Waals surface area contributed by atoms with Gasteiger partial charge in [0, 0.05) is 6.54 Å². The van der Waals surface area contributed by atoms with E-state index in [0.29, 0.717) is 12.0 Å². The Labute approximate surface area is 123 Å². The molecule has 0 amide bonds. The van der Waals surface area contributed by atoms with Gasteiger partial charge in [-0.05, 0) is 13.3 Å². The van der Waals surface area contributed by atoms with Crippen LogP contribution in [0.15, 0.2) is 12.2 Å². The lowest BCUT2D eigenvalue weighted by atomic mass is 10.0. The number of carboxylic acids is 3. The number of aliphatic carboxylic acids is 3. The van der Waals surface area contributed by atoms with Crippen LogP contribution in [0.3, 0.4) is 0 Å². The van der Waals surface area contributed by atoms with E-state index in [1.54, 1.807) is 13.8 Å². The van der Waals surface area contributed by atoms with Crippen LogP contribution in [-0.4, -0.2) is 63.4 Å². The van der Waals surface area contributed by atoms with Crippen molar-refractivity contribution in [3.8, 4) is 0 Å². The third-order valence-corrected chi connectivity index (χ3v) is 2.84. The van der Waals surface area contributed by atoms with Gasteiger partial charge in [-0.1, -0.05) is 25.5 Å². The monoisotopic (exact) mass is 302 g/mol. The van der Waals surface area contributed by atoms with Gasteiger partial charge < -0.3 is 15.3 Å². The van der Waals surface area contributed by atoms with Crippen LogP contribution in [0.5, 0.6) is 0 Å². The fourth-order valence-electron chi connectivity index (χ4n) is 1.99. The molecule has 0 aliphatic heterocycles. The lowest BCUT2D eigenvalue weighted by Gasteiger charge is -2.39. The van der Waals surface area contributed by atoms with E-state index >= 15 is 0 Å². The molecule has 0 spiro atoms. The quantitative estimate of drug-likeness (QED) is 0.315. The Balaban J connectivity index is 5.60. The number of hydrogen-bond acceptors (Lipinski definition) is 5. The van der Waals surface area contributed by atoms with Crippen LogP contribution in [0.25, 0.3) is 0 Å². The molecule has 120 valence electrons. The summed E-state index contributed by atoms with van der Waals surface area (Å²) in [5.41, 5.74) is -1.10. The maximum atomic E-state index is 11.7. The average molecular weight is 302 g/mol. The first-order chi connectivity index (χ1) is 9.65. The Morgan fingerprint density at radius 1 is 1.14 bits per heavy atom. The average Bonchev–Trinajstić information content (AvgIpc) is 2.31. The zero-order valence-electron chi connectivity index (χ0n) is 12.3. The molecule has 1 unspecified atom stereocenters. The summed E-state index contributed by atoms with van der Waals surface area (Å²) in [6, 6.07) is 0. The first-order valence-electron chi connectivity index (χ1n) is 6.47. The zero-order chi connectivity index (χ0) is 16.6. The zero-order valence-corrected chi connectivity index (χ0v) is 12.3. The molecule has 1 atom stereocenters. The first kappa shape index (κ1) is 19.1. The van der Waals surface area contributed by atoms with Crippen molar-refractivity contribution in [1.29, 1.82) is 0 Å². The molecule has 0 aromatic rings. The smallest absolute Gasteiger partial charge is 0.339 e. The minimum Gasteiger partial charge on any atom is -0.480 e. The molecule has 8 nitrogen and oxygen atoms in total. The molecule has 0 saturated heterocycles. The van der Waals surface area contributed by atoms with E-state index in [0.717, 1.165) is 4.90 Å². The summed E-state index contributed by atoms with van der Waals surface area (Å²) in [7, 11) is 0. The number of rotatable bonds is 11. The minimum atomic E-state index is -1.76. The standard InChI is InChI=1S/C13H22N2O6/c1-4-5-13(12(20)21,14-6-9(2)3)15(7-10(16)17)8-11(18)19/h14H,2,4-8H2,1,3H3,(H,16,17)(H,18,19)(H,20,21). The molecule has 4 N–H and O–H groups in total. The van der Waals surface area contributed by atoms with Gasteiger partial charge in [0.05, 0.1) is 13.1 Å². The molecular formula is C13H22N2O6. The highest BCUT2D eigenvalue weighted by Crippen LogP contribution is 2.20. The maximum Gasteiger partial charge on any atom is 0.339 e.